The van der Waals surface area contributed by atoms with Crippen molar-refractivity contribution < 1.29 is 14.3 Å². The molecule has 0 unspecified atom stereocenters. The molecule has 2 rings (SSSR count). The average Bonchev–Trinajstić information content (AvgIpc) is 2.65. The first kappa shape index (κ1) is 21.3. The van der Waals surface area contributed by atoms with E-state index in [0.29, 0.717) is 28.0 Å². The van der Waals surface area contributed by atoms with Gasteiger partial charge < -0.3 is 4.74 Å². The van der Waals surface area contributed by atoms with Gasteiger partial charge in [-0.3, -0.25) is 25.8 Å². The van der Waals surface area contributed by atoms with Gasteiger partial charge in [-0.05, 0) is 64.9 Å². The van der Waals surface area contributed by atoms with Gasteiger partial charge in [-0.25, -0.2) is 0 Å². The van der Waals surface area contributed by atoms with Crippen molar-refractivity contribution >= 4 is 61.0 Å². The third-order valence-corrected chi connectivity index (χ3v) is 4.67. The van der Waals surface area contributed by atoms with Gasteiger partial charge in [-0.2, -0.15) is 0 Å². The molecule has 0 aliphatic rings. The van der Waals surface area contributed by atoms with E-state index in [9.17, 15) is 9.59 Å². The Bertz CT molecular complexity index is 861. The van der Waals surface area contributed by atoms with Crippen LogP contribution in [0.5, 0.6) is 5.75 Å². The average molecular weight is 515 g/mol. The summed E-state index contributed by atoms with van der Waals surface area (Å²) in [6, 6.07) is 12.1. The zero-order valence-corrected chi connectivity index (χ0v) is 18.3. The third kappa shape index (κ3) is 6.30. The van der Waals surface area contributed by atoms with Gasteiger partial charge in [0.25, 0.3) is 11.8 Å². The summed E-state index contributed by atoms with van der Waals surface area (Å²) in [5.74, 6) is -0.388. The van der Waals surface area contributed by atoms with Crippen LogP contribution in [-0.2, 0) is 0 Å². The van der Waals surface area contributed by atoms with E-state index >= 15 is 0 Å². The van der Waals surface area contributed by atoms with Gasteiger partial charge in [-0.15, -0.1) is 0 Å². The van der Waals surface area contributed by atoms with Crippen LogP contribution in [0, 0.1) is 0 Å². The van der Waals surface area contributed by atoms with Gasteiger partial charge >= 0.3 is 0 Å². The zero-order valence-electron chi connectivity index (χ0n) is 14.3. The van der Waals surface area contributed by atoms with Crippen LogP contribution >= 0.6 is 44.1 Å². The monoisotopic (exact) mass is 513 g/mol. The van der Waals surface area contributed by atoms with Crippen LogP contribution in [0.3, 0.4) is 0 Å². The van der Waals surface area contributed by atoms with Gasteiger partial charge in [0.2, 0.25) is 0 Å². The lowest BCUT2D eigenvalue weighted by molar-refractivity contribution is 0.0933. The highest BCUT2D eigenvalue weighted by Gasteiger charge is 2.15. The van der Waals surface area contributed by atoms with Gasteiger partial charge in [0, 0.05) is 8.95 Å². The van der Waals surface area contributed by atoms with Crippen LogP contribution in [0.15, 0.2) is 51.4 Å². The predicted molar refractivity (Wildman–Crippen MR) is 115 cm³/mol. The minimum absolute atomic E-state index is 0.0400. The summed E-state index contributed by atoms with van der Waals surface area (Å²) in [4.78, 5) is 24.6. The third-order valence-electron chi connectivity index (χ3n) is 3.28. The molecule has 0 aliphatic carbocycles. The van der Waals surface area contributed by atoms with E-state index in [1.165, 1.54) is 0 Å². The number of hydrogen-bond donors (Lipinski definition) is 3. The lowest BCUT2D eigenvalue weighted by Crippen LogP contribution is -2.48. The molecule has 3 N–H and O–H groups in total. The Morgan fingerprint density at radius 2 is 1.78 bits per heavy atom. The van der Waals surface area contributed by atoms with E-state index in [1.54, 1.807) is 42.5 Å². The standard InChI is InChI=1S/C18H17Br2N3O3S/c1-2-9-26-15-8-7-11(19)10-13(15)16(24)21-18(27)23-22-17(25)12-5-3-4-6-14(12)20/h3-8,10H,2,9H2,1H3,(H,22,25)(H2,21,23,24,27). The first-order chi connectivity index (χ1) is 12.9. The Balaban J connectivity index is 1.98. The minimum atomic E-state index is -0.449. The van der Waals surface area contributed by atoms with Crippen molar-refractivity contribution in [3.63, 3.8) is 0 Å². The van der Waals surface area contributed by atoms with E-state index in [-0.39, 0.29) is 5.11 Å². The molecule has 142 valence electrons. The van der Waals surface area contributed by atoms with Crippen LogP contribution in [0.25, 0.3) is 0 Å². The molecule has 0 aromatic heterocycles. The molecule has 0 fully saturated rings. The van der Waals surface area contributed by atoms with Crippen molar-refractivity contribution in [2.75, 3.05) is 6.61 Å². The molecule has 2 amide bonds. The molecule has 0 saturated carbocycles. The predicted octanol–water partition coefficient (Wildman–Crippen LogP) is 3.95. The Hall–Kier alpha value is -1.97. The molecule has 9 heteroatoms. The number of carbonyl (C=O) groups is 2. The van der Waals surface area contributed by atoms with Crippen LogP contribution in [0.2, 0.25) is 0 Å². The topological polar surface area (TPSA) is 79.5 Å². The quantitative estimate of drug-likeness (QED) is 0.416. The zero-order chi connectivity index (χ0) is 19.8. The van der Waals surface area contributed by atoms with Crippen molar-refractivity contribution in [3.8, 4) is 5.75 Å². The Kier molecular flexibility index (Phi) is 8.21. The summed E-state index contributed by atoms with van der Waals surface area (Å²) >= 11 is 11.7. The van der Waals surface area contributed by atoms with E-state index in [4.69, 9.17) is 17.0 Å². The van der Waals surface area contributed by atoms with Crippen molar-refractivity contribution in [1.82, 2.24) is 16.2 Å². The van der Waals surface area contributed by atoms with Crippen molar-refractivity contribution in [2.45, 2.75) is 13.3 Å². The number of benzene rings is 2. The molecule has 0 spiro atoms. The highest BCUT2D eigenvalue weighted by Crippen LogP contribution is 2.23. The molecule has 0 aliphatic heterocycles. The number of hydrogen-bond acceptors (Lipinski definition) is 4. The molecule has 6 nitrogen and oxygen atoms in total. The molecule has 0 radical (unpaired) electrons. The molecule has 0 heterocycles. The van der Waals surface area contributed by atoms with E-state index in [0.717, 1.165) is 10.9 Å². The van der Waals surface area contributed by atoms with E-state index in [2.05, 4.69) is 48.0 Å². The van der Waals surface area contributed by atoms with Crippen LogP contribution in [0.1, 0.15) is 34.1 Å². The van der Waals surface area contributed by atoms with Gasteiger partial charge in [0.1, 0.15) is 5.75 Å². The molecule has 0 atom stereocenters. The Labute approximate surface area is 179 Å². The van der Waals surface area contributed by atoms with Gasteiger partial charge in [0.15, 0.2) is 5.11 Å². The second kappa shape index (κ2) is 10.4. The molecular formula is C18H17Br2N3O3S. The summed E-state index contributed by atoms with van der Waals surface area (Å²) in [7, 11) is 0. The summed E-state index contributed by atoms with van der Waals surface area (Å²) in [6.45, 7) is 2.47. The first-order valence-corrected chi connectivity index (χ1v) is 10.00. The van der Waals surface area contributed by atoms with Gasteiger partial charge in [0.05, 0.1) is 17.7 Å². The van der Waals surface area contributed by atoms with Crippen LogP contribution in [0.4, 0.5) is 0 Å². The van der Waals surface area contributed by atoms with Crippen LogP contribution in [-0.4, -0.2) is 23.5 Å². The first-order valence-electron chi connectivity index (χ1n) is 8.01. The second-order valence-corrected chi connectivity index (χ2v) is 7.51. The molecule has 0 saturated heterocycles. The number of thiocarbonyl (C=S) groups is 1. The summed E-state index contributed by atoms with van der Waals surface area (Å²) < 4.78 is 6.97. The SMILES string of the molecule is CCCOc1ccc(Br)cc1C(=O)NC(=S)NNC(=O)c1ccccc1Br. The number of hydrazine groups is 1. The lowest BCUT2D eigenvalue weighted by atomic mass is 10.2. The number of nitrogens with one attached hydrogen (secondary N) is 3. The van der Waals surface area contributed by atoms with E-state index in [1.807, 2.05) is 6.92 Å². The number of halogens is 2. The molecule has 27 heavy (non-hydrogen) atoms. The smallest absolute Gasteiger partial charge is 0.270 e. The second-order valence-electron chi connectivity index (χ2n) is 5.33. The number of carbonyl (C=O) groups excluding carboxylic acids is 2. The van der Waals surface area contributed by atoms with Crippen molar-refractivity contribution in [3.05, 3.63) is 62.5 Å². The van der Waals surface area contributed by atoms with Crippen molar-refractivity contribution in [1.29, 1.82) is 0 Å². The number of rotatable bonds is 5. The fourth-order valence-electron chi connectivity index (χ4n) is 2.05. The minimum Gasteiger partial charge on any atom is -0.493 e. The number of ether oxygens (including phenoxy) is 1. The lowest BCUT2D eigenvalue weighted by Gasteiger charge is -2.14. The van der Waals surface area contributed by atoms with E-state index < -0.39 is 11.8 Å². The molecule has 0 bridgehead atoms. The summed E-state index contributed by atoms with van der Waals surface area (Å²) in [6.07, 6.45) is 0.818. The highest BCUT2D eigenvalue weighted by atomic mass is 79.9. The highest BCUT2D eigenvalue weighted by molar-refractivity contribution is 9.10. The summed E-state index contributed by atoms with van der Waals surface area (Å²) in [5, 5.41) is 2.48. The maximum absolute atomic E-state index is 12.5. The fourth-order valence-corrected chi connectivity index (χ4v) is 3.02. The van der Waals surface area contributed by atoms with Gasteiger partial charge in [-0.1, -0.05) is 35.0 Å². The Morgan fingerprint density at radius 1 is 1.04 bits per heavy atom. The number of amides is 2. The molecule has 2 aromatic rings. The Morgan fingerprint density at radius 3 is 2.48 bits per heavy atom. The maximum Gasteiger partial charge on any atom is 0.270 e. The maximum atomic E-state index is 12.5. The summed E-state index contributed by atoms with van der Waals surface area (Å²) in [5.41, 5.74) is 5.72. The van der Waals surface area contributed by atoms with Crippen LogP contribution < -0.4 is 20.9 Å². The normalized spacial score (nSPS) is 10.0. The molecule has 2 aromatic carbocycles. The largest absolute Gasteiger partial charge is 0.493 e. The van der Waals surface area contributed by atoms with Crippen molar-refractivity contribution in [2.24, 2.45) is 0 Å². The molecular weight excluding hydrogens is 498 g/mol. The fraction of sp³-hybridized carbons (Fsp3) is 0.167.